The molecule has 2 saturated heterocycles. The third-order valence-electron chi connectivity index (χ3n) is 4.41. The van der Waals surface area contributed by atoms with E-state index in [1.54, 1.807) is 0 Å². The van der Waals surface area contributed by atoms with Crippen LogP contribution in [0, 0.1) is 11.8 Å². The number of fused-ring (bicyclic) bond motifs is 1. The van der Waals surface area contributed by atoms with E-state index in [-0.39, 0.29) is 17.9 Å². The quantitative estimate of drug-likeness (QED) is 0.730. The van der Waals surface area contributed by atoms with E-state index in [1.165, 1.54) is 11.3 Å². The summed E-state index contributed by atoms with van der Waals surface area (Å²) < 4.78 is 0. The van der Waals surface area contributed by atoms with Crippen molar-refractivity contribution in [3.63, 3.8) is 0 Å². The molecule has 2 unspecified atom stereocenters. The molecule has 1 saturated carbocycles. The molecular formula is C16H26N2O3. The molecule has 3 rings (SSSR count). The van der Waals surface area contributed by atoms with Crippen molar-refractivity contribution in [3.8, 4) is 0 Å². The summed E-state index contributed by atoms with van der Waals surface area (Å²) >= 11 is 0. The van der Waals surface area contributed by atoms with Crippen LogP contribution in [0.5, 0.6) is 0 Å². The van der Waals surface area contributed by atoms with Gasteiger partial charge in [-0.3, -0.25) is 19.3 Å². The lowest BCUT2D eigenvalue weighted by Crippen LogP contribution is -2.44. The number of piperidine rings is 2. The van der Waals surface area contributed by atoms with E-state index in [2.05, 4.69) is 13.8 Å². The minimum Gasteiger partial charge on any atom is -0.340 e. The van der Waals surface area contributed by atoms with E-state index in [0.717, 1.165) is 18.9 Å². The van der Waals surface area contributed by atoms with E-state index in [9.17, 15) is 14.4 Å². The Balaban J connectivity index is 0.000000154. The molecule has 2 atom stereocenters. The van der Waals surface area contributed by atoms with Gasteiger partial charge >= 0.3 is 0 Å². The molecule has 118 valence electrons. The molecule has 0 aromatic rings. The van der Waals surface area contributed by atoms with E-state index in [4.69, 9.17) is 0 Å². The van der Waals surface area contributed by atoms with Crippen LogP contribution in [-0.2, 0) is 14.4 Å². The van der Waals surface area contributed by atoms with Crippen molar-refractivity contribution in [3.05, 3.63) is 0 Å². The molecule has 0 bridgehead atoms. The molecule has 5 heteroatoms. The predicted octanol–water partition coefficient (Wildman–Crippen LogP) is 1.81. The molecule has 5 nitrogen and oxygen atoms in total. The van der Waals surface area contributed by atoms with Gasteiger partial charge in [-0.15, -0.1) is 0 Å². The number of amides is 3. The Bertz CT molecular complexity index is 429. The van der Waals surface area contributed by atoms with Crippen molar-refractivity contribution in [2.24, 2.45) is 11.8 Å². The molecule has 3 amide bonds. The molecule has 0 N–H and O–H groups in total. The molecule has 3 aliphatic rings. The van der Waals surface area contributed by atoms with Crippen molar-refractivity contribution in [1.82, 2.24) is 9.80 Å². The topological polar surface area (TPSA) is 57.7 Å². The summed E-state index contributed by atoms with van der Waals surface area (Å²) in [5, 5.41) is 0. The molecule has 2 aliphatic heterocycles. The summed E-state index contributed by atoms with van der Waals surface area (Å²) in [5.74, 6) is 1.53. The number of imide groups is 1. The smallest absolute Gasteiger partial charge is 0.229 e. The average molecular weight is 294 g/mol. The van der Waals surface area contributed by atoms with Gasteiger partial charge in [0.2, 0.25) is 17.7 Å². The molecule has 3 fully saturated rings. The molecule has 0 aromatic carbocycles. The first-order valence-electron chi connectivity index (χ1n) is 7.98. The Morgan fingerprint density at radius 3 is 1.81 bits per heavy atom. The van der Waals surface area contributed by atoms with Crippen LogP contribution in [0.15, 0.2) is 0 Å². The van der Waals surface area contributed by atoms with Gasteiger partial charge < -0.3 is 4.90 Å². The van der Waals surface area contributed by atoms with Gasteiger partial charge in [0.1, 0.15) is 0 Å². The zero-order valence-corrected chi connectivity index (χ0v) is 13.5. The molecule has 0 radical (unpaired) electrons. The maximum Gasteiger partial charge on any atom is 0.229 e. The lowest BCUT2D eigenvalue weighted by atomic mass is 10.1. The van der Waals surface area contributed by atoms with Crippen molar-refractivity contribution in [2.45, 2.75) is 65.5 Å². The standard InChI is InChI=1S/C8H13NO2.C8H13NO/c1-6(2)9-7(10)4-3-5-8(9)11;1-5(2)9-4-6-3-7(6)8(9)10/h6H,3-5H2,1-2H3;5-7H,3-4H2,1-2H3. The normalized spacial score (nSPS) is 28.0. The number of hydrogen-bond donors (Lipinski definition) is 0. The summed E-state index contributed by atoms with van der Waals surface area (Å²) in [4.78, 5) is 37.0. The van der Waals surface area contributed by atoms with Crippen LogP contribution in [0.2, 0.25) is 0 Å². The van der Waals surface area contributed by atoms with Crippen LogP contribution in [0.1, 0.15) is 53.4 Å². The number of nitrogens with zero attached hydrogens (tertiary/aromatic N) is 2. The lowest BCUT2D eigenvalue weighted by Gasteiger charge is -2.28. The Labute approximate surface area is 126 Å². The molecule has 1 aliphatic carbocycles. The van der Waals surface area contributed by atoms with Crippen LogP contribution < -0.4 is 0 Å². The zero-order chi connectivity index (χ0) is 15.7. The number of rotatable bonds is 2. The van der Waals surface area contributed by atoms with Gasteiger partial charge in [-0.25, -0.2) is 0 Å². The van der Waals surface area contributed by atoms with Crippen molar-refractivity contribution < 1.29 is 14.4 Å². The monoisotopic (exact) mass is 294 g/mol. The molecule has 21 heavy (non-hydrogen) atoms. The SMILES string of the molecule is CC(C)N1C(=O)CCCC1=O.CC(C)N1CC2CC2C1=O. The maximum absolute atomic E-state index is 11.3. The van der Waals surface area contributed by atoms with Gasteiger partial charge in [-0.1, -0.05) is 0 Å². The van der Waals surface area contributed by atoms with E-state index in [1.807, 2.05) is 18.7 Å². The van der Waals surface area contributed by atoms with Crippen LogP contribution >= 0.6 is 0 Å². The lowest BCUT2D eigenvalue weighted by molar-refractivity contribution is -0.150. The van der Waals surface area contributed by atoms with Crippen molar-refractivity contribution in [1.29, 1.82) is 0 Å². The number of likely N-dealkylation sites (tertiary alicyclic amines) is 2. The number of hydrogen-bond acceptors (Lipinski definition) is 3. The Hall–Kier alpha value is -1.39. The van der Waals surface area contributed by atoms with Crippen LogP contribution in [0.4, 0.5) is 0 Å². The zero-order valence-electron chi connectivity index (χ0n) is 13.5. The van der Waals surface area contributed by atoms with Crippen LogP contribution in [-0.4, -0.2) is 46.1 Å². The fourth-order valence-electron chi connectivity index (χ4n) is 3.12. The van der Waals surface area contributed by atoms with Gasteiger partial charge in [0.15, 0.2) is 0 Å². The van der Waals surface area contributed by atoms with Gasteiger partial charge in [0.25, 0.3) is 0 Å². The largest absolute Gasteiger partial charge is 0.340 e. The average Bonchev–Trinajstić information content (AvgIpc) is 3.08. The van der Waals surface area contributed by atoms with E-state index in [0.29, 0.717) is 30.7 Å². The van der Waals surface area contributed by atoms with Crippen molar-refractivity contribution in [2.75, 3.05) is 6.54 Å². The van der Waals surface area contributed by atoms with Gasteiger partial charge in [0.05, 0.1) is 0 Å². The van der Waals surface area contributed by atoms with Gasteiger partial charge in [-0.2, -0.15) is 0 Å². The van der Waals surface area contributed by atoms with Gasteiger partial charge in [-0.05, 0) is 46.5 Å². The highest BCUT2D eigenvalue weighted by Gasteiger charge is 2.52. The molecule has 2 heterocycles. The minimum atomic E-state index is -0.0174. The minimum absolute atomic E-state index is 0.0174. The summed E-state index contributed by atoms with van der Waals surface area (Å²) in [5.41, 5.74) is 0. The summed E-state index contributed by atoms with van der Waals surface area (Å²) in [6, 6.07) is 0.440. The third kappa shape index (κ3) is 3.44. The first-order valence-corrected chi connectivity index (χ1v) is 7.98. The summed E-state index contributed by atoms with van der Waals surface area (Å²) in [7, 11) is 0. The second-order valence-corrected chi connectivity index (χ2v) is 6.79. The second kappa shape index (κ2) is 6.16. The molecule has 0 spiro atoms. The first kappa shape index (κ1) is 16.0. The number of carbonyl (C=O) groups is 3. The maximum atomic E-state index is 11.3. The fourth-order valence-corrected chi connectivity index (χ4v) is 3.12. The second-order valence-electron chi connectivity index (χ2n) is 6.79. The van der Waals surface area contributed by atoms with Crippen LogP contribution in [0.25, 0.3) is 0 Å². The predicted molar refractivity (Wildman–Crippen MR) is 79.3 cm³/mol. The highest BCUT2D eigenvalue weighted by Crippen LogP contribution is 2.46. The van der Waals surface area contributed by atoms with E-state index < -0.39 is 0 Å². The van der Waals surface area contributed by atoms with Crippen molar-refractivity contribution >= 4 is 17.7 Å². The highest BCUT2D eigenvalue weighted by atomic mass is 16.2. The van der Waals surface area contributed by atoms with E-state index >= 15 is 0 Å². The molecular weight excluding hydrogens is 268 g/mol. The Morgan fingerprint density at radius 1 is 0.952 bits per heavy atom. The van der Waals surface area contributed by atoms with Crippen LogP contribution in [0.3, 0.4) is 0 Å². The van der Waals surface area contributed by atoms with Gasteiger partial charge in [0, 0.05) is 37.4 Å². The summed E-state index contributed by atoms with van der Waals surface area (Å²) in [6.07, 6.45) is 2.96. The Morgan fingerprint density at radius 2 is 1.52 bits per heavy atom. The fraction of sp³-hybridized carbons (Fsp3) is 0.812. The summed E-state index contributed by atoms with van der Waals surface area (Å²) in [6.45, 7) is 8.93. The third-order valence-corrected chi connectivity index (χ3v) is 4.41. The Kier molecular flexibility index (Phi) is 4.69. The number of carbonyl (C=O) groups excluding carboxylic acids is 3. The molecule has 0 aromatic heterocycles. The first-order chi connectivity index (χ1) is 9.82. The highest BCUT2D eigenvalue weighted by molar-refractivity contribution is 5.97.